The monoisotopic (exact) mass is 193 g/mol. The molecular formula is C11H15NS. The highest BCUT2D eigenvalue weighted by atomic mass is 32.2. The van der Waals surface area contributed by atoms with Crippen molar-refractivity contribution in [3.05, 3.63) is 23.8 Å². The molecule has 0 saturated carbocycles. The van der Waals surface area contributed by atoms with Crippen molar-refractivity contribution in [2.75, 3.05) is 11.6 Å². The number of fused-ring (bicyclic) bond motifs is 1. The summed E-state index contributed by atoms with van der Waals surface area (Å²) in [6.07, 6.45) is 4.60. The molecule has 1 nitrogen and oxygen atoms in total. The molecule has 0 radical (unpaired) electrons. The zero-order valence-electron chi connectivity index (χ0n) is 8.13. The second-order valence-electron chi connectivity index (χ2n) is 3.61. The zero-order valence-corrected chi connectivity index (χ0v) is 8.95. The van der Waals surface area contributed by atoms with Crippen LogP contribution in [0, 0.1) is 0 Å². The van der Waals surface area contributed by atoms with E-state index in [4.69, 9.17) is 0 Å². The molecule has 0 spiro atoms. The first-order valence-corrected chi connectivity index (χ1v) is 5.95. The Labute approximate surface area is 83.9 Å². The van der Waals surface area contributed by atoms with Crippen LogP contribution in [0.4, 0.5) is 5.69 Å². The first-order valence-electron chi connectivity index (χ1n) is 4.73. The van der Waals surface area contributed by atoms with Crippen LogP contribution in [0.5, 0.6) is 0 Å². The smallest absolute Gasteiger partial charge is 0.0375 e. The Balaban J connectivity index is 2.31. The molecule has 2 heteroatoms. The lowest BCUT2D eigenvalue weighted by molar-refractivity contribution is 0.680. The number of hydrogen-bond donors (Lipinski definition) is 1. The van der Waals surface area contributed by atoms with Crippen LogP contribution in [0.15, 0.2) is 23.1 Å². The van der Waals surface area contributed by atoms with Crippen molar-refractivity contribution < 1.29 is 0 Å². The quantitative estimate of drug-likeness (QED) is 0.688. The lowest BCUT2D eigenvalue weighted by Gasteiger charge is -2.24. The average molecular weight is 193 g/mol. The van der Waals surface area contributed by atoms with Gasteiger partial charge in [0.15, 0.2) is 0 Å². The Morgan fingerprint density at radius 1 is 1.46 bits per heavy atom. The fraction of sp³-hybridized carbons (Fsp3) is 0.455. The summed E-state index contributed by atoms with van der Waals surface area (Å²) in [7, 11) is 0. The molecule has 1 aliphatic rings. The minimum absolute atomic E-state index is 0.632. The second-order valence-corrected chi connectivity index (χ2v) is 4.49. The molecule has 1 N–H and O–H groups in total. The van der Waals surface area contributed by atoms with Crippen LogP contribution >= 0.6 is 11.8 Å². The van der Waals surface area contributed by atoms with Crippen LogP contribution in [0.1, 0.15) is 18.9 Å². The normalized spacial score (nSPS) is 20.6. The standard InChI is InChI=1S/C11H15NS/c1-8-3-4-9-7-10(13-2)5-6-11(9)12-8/h5-8,12H,3-4H2,1-2H3/t8-/m0/s1. The van der Waals surface area contributed by atoms with Gasteiger partial charge in [-0.05, 0) is 49.8 Å². The number of rotatable bonds is 1. The highest BCUT2D eigenvalue weighted by Gasteiger charge is 2.13. The van der Waals surface area contributed by atoms with Crippen LogP contribution in [0.3, 0.4) is 0 Å². The Morgan fingerprint density at radius 2 is 2.31 bits per heavy atom. The van der Waals surface area contributed by atoms with Gasteiger partial charge in [-0.2, -0.15) is 0 Å². The molecule has 0 saturated heterocycles. The molecule has 1 aromatic rings. The Hall–Kier alpha value is -0.630. The zero-order chi connectivity index (χ0) is 9.26. The maximum absolute atomic E-state index is 3.50. The molecular weight excluding hydrogens is 178 g/mol. The van der Waals surface area contributed by atoms with E-state index in [9.17, 15) is 0 Å². The molecule has 13 heavy (non-hydrogen) atoms. The van der Waals surface area contributed by atoms with Crippen molar-refractivity contribution in [2.24, 2.45) is 0 Å². The van der Waals surface area contributed by atoms with E-state index in [1.165, 1.54) is 29.0 Å². The van der Waals surface area contributed by atoms with E-state index in [0.29, 0.717) is 6.04 Å². The lowest BCUT2D eigenvalue weighted by Crippen LogP contribution is -2.21. The maximum Gasteiger partial charge on any atom is 0.0375 e. The Bertz CT molecular complexity index is 309. The third kappa shape index (κ3) is 1.83. The minimum Gasteiger partial charge on any atom is -0.382 e. The number of hydrogen-bond acceptors (Lipinski definition) is 2. The second kappa shape index (κ2) is 3.62. The van der Waals surface area contributed by atoms with Gasteiger partial charge in [-0.3, -0.25) is 0 Å². The summed E-state index contributed by atoms with van der Waals surface area (Å²) in [5.74, 6) is 0. The van der Waals surface area contributed by atoms with Crippen molar-refractivity contribution in [3.8, 4) is 0 Å². The molecule has 1 atom stereocenters. The molecule has 70 valence electrons. The molecule has 0 bridgehead atoms. The van der Waals surface area contributed by atoms with Gasteiger partial charge in [0.05, 0.1) is 0 Å². The van der Waals surface area contributed by atoms with E-state index < -0.39 is 0 Å². The highest BCUT2D eigenvalue weighted by Crippen LogP contribution is 2.28. The van der Waals surface area contributed by atoms with Gasteiger partial charge in [0, 0.05) is 16.6 Å². The van der Waals surface area contributed by atoms with E-state index in [-0.39, 0.29) is 0 Å². The molecule has 0 aliphatic carbocycles. The number of aryl methyl sites for hydroxylation is 1. The van der Waals surface area contributed by atoms with Gasteiger partial charge in [0.25, 0.3) is 0 Å². The van der Waals surface area contributed by atoms with Crippen molar-refractivity contribution in [1.29, 1.82) is 0 Å². The lowest BCUT2D eigenvalue weighted by atomic mass is 9.99. The molecule has 0 fully saturated rings. The summed E-state index contributed by atoms with van der Waals surface area (Å²) in [5.41, 5.74) is 2.81. The summed E-state index contributed by atoms with van der Waals surface area (Å²) >= 11 is 1.81. The highest BCUT2D eigenvalue weighted by molar-refractivity contribution is 7.98. The molecule has 1 heterocycles. The fourth-order valence-electron chi connectivity index (χ4n) is 1.75. The number of benzene rings is 1. The molecule has 1 aromatic carbocycles. The van der Waals surface area contributed by atoms with Crippen molar-refractivity contribution in [1.82, 2.24) is 0 Å². The van der Waals surface area contributed by atoms with Crippen molar-refractivity contribution >= 4 is 17.4 Å². The molecule has 2 rings (SSSR count). The first kappa shape index (κ1) is 8.95. The van der Waals surface area contributed by atoms with Crippen molar-refractivity contribution in [2.45, 2.75) is 30.7 Å². The fourth-order valence-corrected chi connectivity index (χ4v) is 2.22. The summed E-state index contributed by atoms with van der Waals surface area (Å²) in [6.45, 7) is 2.24. The van der Waals surface area contributed by atoms with E-state index in [1.54, 1.807) is 0 Å². The molecule has 0 unspecified atom stereocenters. The van der Waals surface area contributed by atoms with Gasteiger partial charge in [-0.1, -0.05) is 0 Å². The van der Waals surface area contributed by atoms with Gasteiger partial charge >= 0.3 is 0 Å². The van der Waals surface area contributed by atoms with Crippen LogP contribution in [-0.2, 0) is 6.42 Å². The molecule has 0 aromatic heterocycles. The molecule has 1 aliphatic heterocycles. The topological polar surface area (TPSA) is 12.0 Å². The number of anilines is 1. The Kier molecular flexibility index (Phi) is 2.49. The van der Waals surface area contributed by atoms with Crippen molar-refractivity contribution in [3.63, 3.8) is 0 Å². The van der Waals surface area contributed by atoms with Gasteiger partial charge in [-0.15, -0.1) is 11.8 Å². The number of thioether (sulfide) groups is 1. The van der Waals surface area contributed by atoms with Gasteiger partial charge < -0.3 is 5.32 Å². The largest absolute Gasteiger partial charge is 0.382 e. The van der Waals surface area contributed by atoms with Gasteiger partial charge in [-0.25, -0.2) is 0 Å². The first-order chi connectivity index (χ1) is 6.29. The predicted octanol–water partition coefficient (Wildman–Crippen LogP) is 3.16. The van der Waals surface area contributed by atoms with Crippen LogP contribution < -0.4 is 5.32 Å². The summed E-state index contributed by atoms with van der Waals surface area (Å²) < 4.78 is 0. The Morgan fingerprint density at radius 3 is 3.08 bits per heavy atom. The van der Waals surface area contributed by atoms with Gasteiger partial charge in [0.2, 0.25) is 0 Å². The summed E-state index contributed by atoms with van der Waals surface area (Å²) in [4.78, 5) is 1.37. The third-order valence-electron chi connectivity index (χ3n) is 2.56. The summed E-state index contributed by atoms with van der Waals surface area (Å²) in [6, 6.07) is 7.33. The van der Waals surface area contributed by atoms with E-state index >= 15 is 0 Å². The van der Waals surface area contributed by atoms with Crippen LogP contribution in [0.25, 0.3) is 0 Å². The van der Waals surface area contributed by atoms with E-state index in [0.717, 1.165) is 0 Å². The van der Waals surface area contributed by atoms with Gasteiger partial charge in [0.1, 0.15) is 0 Å². The van der Waals surface area contributed by atoms with Crippen LogP contribution in [0.2, 0.25) is 0 Å². The average Bonchev–Trinajstić information content (AvgIpc) is 2.17. The number of nitrogens with one attached hydrogen (secondary N) is 1. The van der Waals surface area contributed by atoms with E-state index in [2.05, 4.69) is 36.7 Å². The van der Waals surface area contributed by atoms with Crippen LogP contribution in [-0.4, -0.2) is 12.3 Å². The predicted molar refractivity (Wildman–Crippen MR) is 59.6 cm³/mol. The maximum atomic E-state index is 3.50. The van der Waals surface area contributed by atoms with E-state index in [1.807, 2.05) is 11.8 Å². The molecule has 0 amide bonds. The third-order valence-corrected chi connectivity index (χ3v) is 3.29. The SMILES string of the molecule is CSc1ccc2c(c1)CC[C@H](C)N2. The summed E-state index contributed by atoms with van der Waals surface area (Å²) in [5, 5.41) is 3.50. The minimum atomic E-state index is 0.632.